The van der Waals surface area contributed by atoms with Crippen LogP contribution in [0.2, 0.25) is 0 Å². The van der Waals surface area contributed by atoms with Gasteiger partial charge in [0, 0.05) is 23.8 Å². The van der Waals surface area contributed by atoms with E-state index in [2.05, 4.69) is 34.4 Å². The molecule has 1 heterocycles. The molecule has 0 saturated carbocycles. The minimum absolute atomic E-state index is 0.769. The average molecular weight is 272 g/mol. The summed E-state index contributed by atoms with van der Waals surface area (Å²) < 4.78 is 0. The third-order valence-electron chi connectivity index (χ3n) is 3.43. The number of pyridine rings is 1. The van der Waals surface area contributed by atoms with Crippen LogP contribution in [0.5, 0.6) is 0 Å². The van der Waals surface area contributed by atoms with Crippen molar-refractivity contribution in [2.75, 3.05) is 38.5 Å². The molecule has 0 saturated heterocycles. The van der Waals surface area contributed by atoms with Gasteiger partial charge >= 0.3 is 0 Å². The van der Waals surface area contributed by atoms with Gasteiger partial charge in [-0.1, -0.05) is 18.2 Å². The van der Waals surface area contributed by atoms with E-state index in [0.717, 1.165) is 44.5 Å². The SMILES string of the molecule is CN(CCCN)CCCNc1ccnc2ccccc12. The Hall–Kier alpha value is -1.65. The van der Waals surface area contributed by atoms with Gasteiger partial charge in [0.25, 0.3) is 0 Å². The highest BCUT2D eigenvalue weighted by Gasteiger charge is 2.01. The second kappa shape index (κ2) is 7.82. The van der Waals surface area contributed by atoms with E-state index in [-0.39, 0.29) is 0 Å². The van der Waals surface area contributed by atoms with Crippen LogP contribution in [0.3, 0.4) is 0 Å². The molecule has 4 nitrogen and oxygen atoms in total. The number of aromatic nitrogens is 1. The lowest BCUT2D eigenvalue weighted by molar-refractivity contribution is 0.330. The topological polar surface area (TPSA) is 54.2 Å². The molecule has 0 radical (unpaired) electrons. The van der Waals surface area contributed by atoms with Crippen LogP contribution in [-0.2, 0) is 0 Å². The number of nitrogens with zero attached hydrogens (tertiary/aromatic N) is 2. The number of rotatable bonds is 8. The molecule has 4 heteroatoms. The van der Waals surface area contributed by atoms with Crippen LogP contribution in [0.15, 0.2) is 36.5 Å². The fourth-order valence-electron chi connectivity index (χ4n) is 2.30. The van der Waals surface area contributed by atoms with Crippen molar-refractivity contribution in [2.45, 2.75) is 12.8 Å². The molecule has 0 aliphatic rings. The molecule has 1 aromatic carbocycles. The van der Waals surface area contributed by atoms with E-state index >= 15 is 0 Å². The van der Waals surface area contributed by atoms with Crippen molar-refractivity contribution in [3.63, 3.8) is 0 Å². The Morgan fingerprint density at radius 1 is 1.15 bits per heavy atom. The van der Waals surface area contributed by atoms with Gasteiger partial charge in [0.2, 0.25) is 0 Å². The van der Waals surface area contributed by atoms with E-state index < -0.39 is 0 Å². The smallest absolute Gasteiger partial charge is 0.0722 e. The number of para-hydroxylation sites is 1. The molecule has 1 aromatic heterocycles. The molecule has 2 aromatic rings. The van der Waals surface area contributed by atoms with E-state index in [1.165, 1.54) is 11.1 Å². The molecule has 0 amide bonds. The average Bonchev–Trinajstić information content (AvgIpc) is 2.49. The lowest BCUT2D eigenvalue weighted by Crippen LogP contribution is -2.24. The van der Waals surface area contributed by atoms with E-state index in [9.17, 15) is 0 Å². The second-order valence-electron chi connectivity index (χ2n) is 5.10. The molecule has 0 aliphatic carbocycles. The highest BCUT2D eigenvalue weighted by Crippen LogP contribution is 2.20. The first-order chi connectivity index (χ1) is 9.81. The van der Waals surface area contributed by atoms with E-state index in [1.807, 2.05) is 24.4 Å². The van der Waals surface area contributed by atoms with E-state index in [0.29, 0.717) is 0 Å². The molecular formula is C16H24N4. The number of hydrogen-bond donors (Lipinski definition) is 2. The summed E-state index contributed by atoms with van der Waals surface area (Å²) >= 11 is 0. The molecule has 0 aliphatic heterocycles. The van der Waals surface area contributed by atoms with Crippen molar-refractivity contribution >= 4 is 16.6 Å². The zero-order chi connectivity index (χ0) is 14.2. The van der Waals surface area contributed by atoms with Crippen molar-refractivity contribution in [3.05, 3.63) is 36.5 Å². The lowest BCUT2D eigenvalue weighted by atomic mass is 10.2. The zero-order valence-electron chi connectivity index (χ0n) is 12.2. The molecule has 0 unspecified atom stereocenters. The number of nitrogens with one attached hydrogen (secondary N) is 1. The van der Waals surface area contributed by atoms with Crippen molar-refractivity contribution in [2.24, 2.45) is 5.73 Å². The van der Waals surface area contributed by atoms with Crippen LogP contribution >= 0.6 is 0 Å². The predicted octanol–water partition coefficient (Wildman–Crippen LogP) is 2.32. The predicted molar refractivity (Wildman–Crippen MR) is 86.0 cm³/mol. The highest BCUT2D eigenvalue weighted by molar-refractivity contribution is 5.90. The Balaban J connectivity index is 1.81. The first kappa shape index (κ1) is 14.8. The molecule has 0 fully saturated rings. The van der Waals surface area contributed by atoms with E-state index in [1.54, 1.807) is 0 Å². The molecular weight excluding hydrogens is 248 g/mol. The summed E-state index contributed by atoms with van der Waals surface area (Å²) in [5.41, 5.74) is 7.72. The fourth-order valence-corrected chi connectivity index (χ4v) is 2.30. The minimum Gasteiger partial charge on any atom is -0.384 e. The third kappa shape index (κ3) is 4.18. The van der Waals surface area contributed by atoms with Crippen LogP contribution in [-0.4, -0.2) is 43.1 Å². The van der Waals surface area contributed by atoms with Crippen LogP contribution in [0, 0.1) is 0 Å². The Labute approximate surface area is 121 Å². The molecule has 0 atom stereocenters. The normalized spacial score (nSPS) is 11.2. The molecule has 0 bridgehead atoms. The Kier molecular flexibility index (Phi) is 5.77. The van der Waals surface area contributed by atoms with Gasteiger partial charge in [-0.3, -0.25) is 4.98 Å². The van der Waals surface area contributed by atoms with Crippen molar-refractivity contribution < 1.29 is 0 Å². The summed E-state index contributed by atoms with van der Waals surface area (Å²) in [5.74, 6) is 0. The van der Waals surface area contributed by atoms with Gasteiger partial charge in [0.05, 0.1) is 5.52 Å². The molecule has 20 heavy (non-hydrogen) atoms. The van der Waals surface area contributed by atoms with Gasteiger partial charge in [-0.2, -0.15) is 0 Å². The minimum atomic E-state index is 0.769. The number of fused-ring (bicyclic) bond motifs is 1. The molecule has 2 rings (SSSR count). The number of nitrogens with two attached hydrogens (primary N) is 1. The van der Waals surface area contributed by atoms with Gasteiger partial charge in [0.15, 0.2) is 0 Å². The third-order valence-corrected chi connectivity index (χ3v) is 3.43. The second-order valence-corrected chi connectivity index (χ2v) is 5.10. The van der Waals surface area contributed by atoms with Gasteiger partial charge < -0.3 is 16.0 Å². The van der Waals surface area contributed by atoms with Gasteiger partial charge in [-0.05, 0) is 51.7 Å². The summed E-state index contributed by atoms with van der Waals surface area (Å²) in [5, 5.41) is 4.69. The maximum Gasteiger partial charge on any atom is 0.0722 e. The summed E-state index contributed by atoms with van der Waals surface area (Å²) in [7, 11) is 2.15. The fraction of sp³-hybridized carbons (Fsp3) is 0.438. The molecule has 3 N–H and O–H groups in total. The monoisotopic (exact) mass is 272 g/mol. The first-order valence-corrected chi connectivity index (χ1v) is 7.27. The van der Waals surface area contributed by atoms with Crippen LogP contribution < -0.4 is 11.1 Å². The van der Waals surface area contributed by atoms with Crippen LogP contribution in [0.4, 0.5) is 5.69 Å². The summed E-state index contributed by atoms with van der Waals surface area (Å²) in [6.07, 6.45) is 4.05. The number of anilines is 1. The van der Waals surface area contributed by atoms with Gasteiger partial charge in [-0.25, -0.2) is 0 Å². The van der Waals surface area contributed by atoms with Crippen LogP contribution in [0.25, 0.3) is 10.9 Å². The number of hydrogen-bond acceptors (Lipinski definition) is 4. The molecule has 0 spiro atoms. The quantitative estimate of drug-likeness (QED) is 0.724. The Bertz CT molecular complexity index is 521. The lowest BCUT2D eigenvalue weighted by Gasteiger charge is -2.16. The standard InChI is InChI=1S/C16H24N4/c1-20(12-4-9-17)13-5-10-18-16-8-11-19-15-7-3-2-6-14(15)16/h2-3,6-8,11H,4-5,9-10,12-13,17H2,1H3,(H,18,19). The van der Waals surface area contributed by atoms with Crippen LogP contribution in [0.1, 0.15) is 12.8 Å². The Morgan fingerprint density at radius 2 is 1.95 bits per heavy atom. The summed E-state index contributed by atoms with van der Waals surface area (Å²) in [4.78, 5) is 6.70. The summed E-state index contributed by atoms with van der Waals surface area (Å²) in [6.45, 7) is 3.91. The highest BCUT2D eigenvalue weighted by atomic mass is 15.1. The first-order valence-electron chi connectivity index (χ1n) is 7.27. The van der Waals surface area contributed by atoms with E-state index in [4.69, 9.17) is 5.73 Å². The van der Waals surface area contributed by atoms with Crippen molar-refractivity contribution in [1.82, 2.24) is 9.88 Å². The number of benzene rings is 1. The van der Waals surface area contributed by atoms with Gasteiger partial charge in [-0.15, -0.1) is 0 Å². The maximum atomic E-state index is 5.52. The summed E-state index contributed by atoms with van der Waals surface area (Å²) in [6, 6.07) is 10.3. The van der Waals surface area contributed by atoms with Crippen molar-refractivity contribution in [3.8, 4) is 0 Å². The maximum absolute atomic E-state index is 5.52. The Morgan fingerprint density at radius 3 is 2.80 bits per heavy atom. The van der Waals surface area contributed by atoms with Gasteiger partial charge in [0.1, 0.15) is 0 Å². The zero-order valence-corrected chi connectivity index (χ0v) is 12.2. The molecule has 108 valence electrons. The van der Waals surface area contributed by atoms with Crippen molar-refractivity contribution in [1.29, 1.82) is 0 Å². The largest absolute Gasteiger partial charge is 0.384 e.